The molecule has 0 radical (unpaired) electrons. The summed E-state index contributed by atoms with van der Waals surface area (Å²) in [7, 11) is 0. The fourth-order valence-electron chi connectivity index (χ4n) is 1.37. The highest BCUT2D eigenvalue weighted by atomic mass is 35.5. The van der Waals surface area contributed by atoms with E-state index in [2.05, 4.69) is 5.32 Å². The van der Waals surface area contributed by atoms with Gasteiger partial charge in [0.15, 0.2) is 0 Å². The van der Waals surface area contributed by atoms with Crippen molar-refractivity contribution in [3.63, 3.8) is 0 Å². The Morgan fingerprint density at radius 3 is 2.88 bits per heavy atom. The molecule has 88 valence electrons. The molecule has 2 N–H and O–H groups in total. The summed E-state index contributed by atoms with van der Waals surface area (Å²) in [5.74, 6) is -0.0497. The van der Waals surface area contributed by atoms with Crippen molar-refractivity contribution in [1.29, 1.82) is 0 Å². The number of benzene rings is 1. The Morgan fingerprint density at radius 1 is 1.41 bits per heavy atom. The maximum atomic E-state index is 11.7. The Labute approximate surface area is 108 Å². The molecule has 0 aliphatic carbocycles. The first-order chi connectivity index (χ1) is 8.15. The minimum atomic E-state index is -0.125. The van der Waals surface area contributed by atoms with E-state index in [-0.39, 0.29) is 11.7 Å². The van der Waals surface area contributed by atoms with Crippen LogP contribution in [0.4, 0.5) is 5.69 Å². The quantitative estimate of drug-likeness (QED) is 0.839. The molecule has 0 aliphatic heterocycles. The number of thiophene rings is 1. The van der Waals surface area contributed by atoms with E-state index in [1.54, 1.807) is 6.07 Å². The lowest BCUT2D eigenvalue weighted by Crippen LogP contribution is -2.13. The van der Waals surface area contributed by atoms with Crippen LogP contribution in [0.3, 0.4) is 0 Å². The van der Waals surface area contributed by atoms with Crippen molar-refractivity contribution >= 4 is 34.5 Å². The minimum Gasteiger partial charge on any atom is -0.508 e. The van der Waals surface area contributed by atoms with Gasteiger partial charge in [-0.15, -0.1) is 11.3 Å². The zero-order chi connectivity index (χ0) is 12.3. The first-order valence-corrected chi connectivity index (χ1v) is 6.21. The van der Waals surface area contributed by atoms with Crippen LogP contribution in [-0.2, 0) is 11.2 Å². The monoisotopic (exact) mass is 267 g/mol. The van der Waals surface area contributed by atoms with Crippen molar-refractivity contribution in [2.75, 3.05) is 5.32 Å². The first kappa shape index (κ1) is 12.0. The van der Waals surface area contributed by atoms with Crippen LogP contribution in [-0.4, -0.2) is 11.0 Å². The van der Waals surface area contributed by atoms with Crippen molar-refractivity contribution < 1.29 is 9.90 Å². The number of anilines is 1. The Bertz CT molecular complexity index is 525. The molecule has 5 heteroatoms. The summed E-state index contributed by atoms with van der Waals surface area (Å²) >= 11 is 7.42. The van der Waals surface area contributed by atoms with E-state index in [1.165, 1.54) is 23.5 Å². The van der Waals surface area contributed by atoms with E-state index in [0.29, 0.717) is 17.1 Å². The summed E-state index contributed by atoms with van der Waals surface area (Å²) in [6.45, 7) is 0. The van der Waals surface area contributed by atoms with Gasteiger partial charge in [-0.05, 0) is 23.6 Å². The third kappa shape index (κ3) is 3.22. The molecule has 0 unspecified atom stereocenters. The fourth-order valence-corrected chi connectivity index (χ4v) is 2.30. The maximum Gasteiger partial charge on any atom is 0.229 e. The second-order valence-corrected chi connectivity index (χ2v) is 4.91. The molecule has 0 saturated carbocycles. The predicted octanol–water partition coefficient (Wildman–Crippen LogP) is 3.29. The van der Waals surface area contributed by atoms with Gasteiger partial charge in [-0.3, -0.25) is 4.79 Å². The summed E-state index contributed by atoms with van der Waals surface area (Å²) in [5.41, 5.74) is 0.506. The number of rotatable bonds is 3. The van der Waals surface area contributed by atoms with E-state index in [4.69, 9.17) is 11.6 Å². The number of hydrogen-bond donors (Lipinski definition) is 2. The van der Waals surface area contributed by atoms with Crippen molar-refractivity contribution in [3.05, 3.63) is 45.6 Å². The average molecular weight is 268 g/mol. The van der Waals surface area contributed by atoms with Crippen LogP contribution in [0.1, 0.15) is 4.88 Å². The molecule has 1 amide bonds. The van der Waals surface area contributed by atoms with Crippen molar-refractivity contribution in [2.24, 2.45) is 0 Å². The average Bonchev–Trinajstić information content (AvgIpc) is 2.75. The number of hydrogen-bond acceptors (Lipinski definition) is 3. The highest BCUT2D eigenvalue weighted by Crippen LogP contribution is 2.26. The van der Waals surface area contributed by atoms with E-state index in [1.807, 2.05) is 17.5 Å². The Balaban J connectivity index is 2.03. The number of amides is 1. The van der Waals surface area contributed by atoms with Crippen LogP contribution in [0.2, 0.25) is 5.02 Å². The molecular weight excluding hydrogens is 258 g/mol. The van der Waals surface area contributed by atoms with Gasteiger partial charge in [0.25, 0.3) is 0 Å². The number of carbonyl (C=O) groups excluding carboxylic acids is 1. The molecule has 0 aliphatic rings. The predicted molar refractivity (Wildman–Crippen MR) is 69.8 cm³/mol. The van der Waals surface area contributed by atoms with Crippen molar-refractivity contribution in [3.8, 4) is 5.75 Å². The molecule has 0 bridgehead atoms. The van der Waals surface area contributed by atoms with E-state index < -0.39 is 0 Å². The molecule has 0 spiro atoms. The van der Waals surface area contributed by atoms with Gasteiger partial charge in [-0.2, -0.15) is 0 Å². The molecule has 3 nitrogen and oxygen atoms in total. The lowest BCUT2D eigenvalue weighted by atomic mass is 10.2. The summed E-state index contributed by atoms with van der Waals surface area (Å²) in [4.78, 5) is 12.7. The number of nitrogens with one attached hydrogen (secondary N) is 1. The summed E-state index contributed by atoms with van der Waals surface area (Å²) in [6.07, 6.45) is 0.328. The number of aromatic hydroxyl groups is 1. The molecule has 0 saturated heterocycles. The Hall–Kier alpha value is -1.52. The third-order valence-corrected chi connectivity index (χ3v) is 3.33. The van der Waals surface area contributed by atoms with Crippen molar-refractivity contribution in [2.45, 2.75) is 6.42 Å². The van der Waals surface area contributed by atoms with Crippen LogP contribution in [0.15, 0.2) is 35.7 Å². The van der Waals surface area contributed by atoms with Gasteiger partial charge in [0.05, 0.1) is 17.1 Å². The number of phenolic OH excluding ortho intramolecular Hbond substituents is 1. The lowest BCUT2D eigenvalue weighted by molar-refractivity contribution is -0.115. The van der Waals surface area contributed by atoms with E-state index >= 15 is 0 Å². The highest BCUT2D eigenvalue weighted by molar-refractivity contribution is 7.10. The van der Waals surface area contributed by atoms with Crippen LogP contribution in [0.25, 0.3) is 0 Å². The number of carbonyl (C=O) groups is 1. The van der Waals surface area contributed by atoms with E-state index in [0.717, 1.165) is 4.88 Å². The second-order valence-electron chi connectivity index (χ2n) is 3.47. The van der Waals surface area contributed by atoms with E-state index in [9.17, 15) is 9.90 Å². The molecule has 2 rings (SSSR count). The number of phenols is 1. The molecule has 0 fully saturated rings. The van der Waals surface area contributed by atoms with Gasteiger partial charge < -0.3 is 10.4 Å². The molecule has 1 aromatic heterocycles. The summed E-state index contributed by atoms with van der Waals surface area (Å²) in [6, 6.07) is 8.25. The largest absolute Gasteiger partial charge is 0.508 e. The first-order valence-electron chi connectivity index (χ1n) is 4.96. The fraction of sp³-hybridized carbons (Fsp3) is 0.0833. The highest BCUT2D eigenvalue weighted by Gasteiger charge is 2.07. The molecule has 2 aromatic rings. The van der Waals surface area contributed by atoms with Crippen LogP contribution in [0, 0.1) is 0 Å². The lowest BCUT2D eigenvalue weighted by Gasteiger charge is -2.06. The SMILES string of the molecule is O=C(Cc1cccs1)Nc1ccc(O)cc1Cl. The van der Waals surface area contributed by atoms with Gasteiger partial charge in [-0.25, -0.2) is 0 Å². The van der Waals surface area contributed by atoms with Crippen LogP contribution >= 0.6 is 22.9 Å². The molecule has 1 heterocycles. The molecule has 1 aromatic carbocycles. The standard InChI is InChI=1S/C12H10ClNO2S/c13-10-6-8(15)3-4-11(10)14-12(16)7-9-2-1-5-17-9/h1-6,15H,7H2,(H,14,16). The topological polar surface area (TPSA) is 49.3 Å². The minimum absolute atomic E-state index is 0.0752. The van der Waals surface area contributed by atoms with Crippen LogP contribution < -0.4 is 5.32 Å². The second kappa shape index (κ2) is 5.21. The van der Waals surface area contributed by atoms with Crippen molar-refractivity contribution in [1.82, 2.24) is 0 Å². The van der Waals surface area contributed by atoms with Gasteiger partial charge in [0.2, 0.25) is 5.91 Å². The van der Waals surface area contributed by atoms with Gasteiger partial charge in [0.1, 0.15) is 5.75 Å². The molecular formula is C12H10ClNO2S. The normalized spacial score (nSPS) is 10.2. The smallest absolute Gasteiger partial charge is 0.229 e. The molecule has 0 atom stereocenters. The van der Waals surface area contributed by atoms with Gasteiger partial charge in [-0.1, -0.05) is 17.7 Å². The Kier molecular flexibility index (Phi) is 3.66. The maximum absolute atomic E-state index is 11.7. The van der Waals surface area contributed by atoms with Gasteiger partial charge >= 0.3 is 0 Å². The Morgan fingerprint density at radius 2 is 2.24 bits per heavy atom. The van der Waals surface area contributed by atoms with Gasteiger partial charge in [0, 0.05) is 10.9 Å². The summed E-state index contributed by atoms with van der Waals surface area (Å²) < 4.78 is 0. The third-order valence-electron chi connectivity index (χ3n) is 2.14. The zero-order valence-electron chi connectivity index (χ0n) is 8.81. The number of halogens is 1. The zero-order valence-corrected chi connectivity index (χ0v) is 10.4. The summed E-state index contributed by atoms with van der Waals surface area (Å²) in [5, 5.41) is 14.1. The van der Waals surface area contributed by atoms with Crippen LogP contribution in [0.5, 0.6) is 5.75 Å². The molecule has 17 heavy (non-hydrogen) atoms.